The molecule has 14 heavy (non-hydrogen) atoms. The molecule has 3 heteroatoms. The number of esters is 1. The molecule has 1 aliphatic rings. The summed E-state index contributed by atoms with van der Waals surface area (Å²) in [5, 5.41) is 0. The van der Waals surface area contributed by atoms with Crippen LogP contribution in [0.15, 0.2) is 12.2 Å². The third-order valence-electron chi connectivity index (χ3n) is 2.55. The van der Waals surface area contributed by atoms with Crippen LogP contribution in [0.4, 0.5) is 0 Å². The zero-order valence-corrected chi connectivity index (χ0v) is 9.08. The van der Waals surface area contributed by atoms with Gasteiger partial charge in [0, 0.05) is 18.6 Å². The zero-order chi connectivity index (χ0) is 10.6. The summed E-state index contributed by atoms with van der Waals surface area (Å²) in [5.74, 6) is 0.0436. The van der Waals surface area contributed by atoms with Gasteiger partial charge in [0.2, 0.25) is 0 Å². The van der Waals surface area contributed by atoms with Crippen LogP contribution in [0.2, 0.25) is 0 Å². The number of hydrogen-bond donors (Lipinski definition) is 0. The summed E-state index contributed by atoms with van der Waals surface area (Å²) in [6.45, 7) is 7.08. The fourth-order valence-corrected chi connectivity index (χ4v) is 1.62. The van der Waals surface area contributed by atoms with Crippen molar-refractivity contribution < 1.29 is 14.3 Å². The van der Waals surface area contributed by atoms with E-state index < -0.39 is 0 Å². The van der Waals surface area contributed by atoms with Crippen LogP contribution in [0.1, 0.15) is 27.2 Å². The third-order valence-corrected chi connectivity index (χ3v) is 2.55. The Balaban J connectivity index is 2.47. The van der Waals surface area contributed by atoms with Gasteiger partial charge in [-0.15, -0.1) is 0 Å². The van der Waals surface area contributed by atoms with Gasteiger partial charge in [0.15, 0.2) is 0 Å². The number of ether oxygens (including phenoxy) is 2. The van der Waals surface area contributed by atoms with E-state index >= 15 is 0 Å². The maximum atomic E-state index is 11.1. The van der Waals surface area contributed by atoms with Gasteiger partial charge >= 0.3 is 5.97 Å². The minimum atomic E-state index is -0.268. The van der Waals surface area contributed by atoms with Crippen molar-refractivity contribution in [2.75, 3.05) is 13.2 Å². The van der Waals surface area contributed by atoms with Gasteiger partial charge in [0.05, 0.1) is 12.2 Å². The molecule has 0 N–H and O–H groups in total. The second kappa shape index (κ2) is 4.60. The van der Waals surface area contributed by atoms with Crippen LogP contribution in [0.5, 0.6) is 0 Å². The average molecular weight is 198 g/mol. The molecule has 0 aromatic heterocycles. The molecule has 1 fully saturated rings. The van der Waals surface area contributed by atoms with Gasteiger partial charge in [-0.05, 0) is 27.2 Å². The first-order valence-electron chi connectivity index (χ1n) is 5.05. The second-order valence-corrected chi connectivity index (χ2v) is 3.96. The lowest BCUT2D eigenvalue weighted by Crippen LogP contribution is -2.25. The Bertz CT molecular complexity index is 231. The molecule has 1 rings (SSSR count). The van der Waals surface area contributed by atoms with Gasteiger partial charge in [-0.25, -0.2) is 4.79 Å². The number of hydrogen-bond acceptors (Lipinski definition) is 3. The first kappa shape index (κ1) is 11.2. The molecule has 0 aromatic rings. The van der Waals surface area contributed by atoms with Crippen molar-refractivity contribution in [2.24, 2.45) is 5.92 Å². The third kappa shape index (κ3) is 2.84. The maximum absolute atomic E-state index is 11.1. The largest absolute Gasteiger partial charge is 0.463 e. The summed E-state index contributed by atoms with van der Waals surface area (Å²) >= 11 is 0. The molecule has 0 spiro atoms. The van der Waals surface area contributed by atoms with E-state index in [1.165, 1.54) is 6.08 Å². The van der Waals surface area contributed by atoms with Gasteiger partial charge in [-0.1, -0.05) is 6.08 Å². The molecule has 0 amide bonds. The average Bonchev–Trinajstić information content (AvgIpc) is 2.42. The van der Waals surface area contributed by atoms with Crippen LogP contribution in [-0.2, 0) is 14.3 Å². The van der Waals surface area contributed by atoms with Crippen molar-refractivity contribution >= 4 is 5.97 Å². The molecule has 0 aliphatic carbocycles. The fourth-order valence-electron chi connectivity index (χ4n) is 1.62. The van der Waals surface area contributed by atoms with Gasteiger partial charge in [-0.2, -0.15) is 0 Å². The number of rotatable bonds is 3. The van der Waals surface area contributed by atoms with Crippen LogP contribution in [0, 0.1) is 5.92 Å². The van der Waals surface area contributed by atoms with Crippen LogP contribution in [0.3, 0.4) is 0 Å². The lowest BCUT2D eigenvalue weighted by molar-refractivity contribution is -0.137. The molecule has 0 bridgehead atoms. The predicted octanol–water partition coefficient (Wildman–Crippen LogP) is 1.92. The minimum absolute atomic E-state index is 0.150. The lowest BCUT2D eigenvalue weighted by atomic mass is 9.91. The van der Waals surface area contributed by atoms with E-state index in [1.54, 1.807) is 6.92 Å². The molecular formula is C11H18O3. The highest BCUT2D eigenvalue weighted by Crippen LogP contribution is 2.32. The van der Waals surface area contributed by atoms with Crippen LogP contribution < -0.4 is 0 Å². The van der Waals surface area contributed by atoms with Crippen molar-refractivity contribution in [3.63, 3.8) is 0 Å². The SMILES string of the molecule is CCOC(=O)/C=C\[C@@H]1CCOC1(C)C. The van der Waals surface area contributed by atoms with Gasteiger partial charge in [0.1, 0.15) is 0 Å². The van der Waals surface area contributed by atoms with E-state index in [1.807, 2.05) is 19.9 Å². The van der Waals surface area contributed by atoms with E-state index in [0.717, 1.165) is 13.0 Å². The number of carbonyl (C=O) groups is 1. The molecular weight excluding hydrogens is 180 g/mol. The molecule has 1 aliphatic heterocycles. The Morgan fingerprint density at radius 2 is 2.36 bits per heavy atom. The summed E-state index contributed by atoms with van der Waals surface area (Å²) < 4.78 is 10.3. The molecule has 1 heterocycles. The molecule has 0 saturated carbocycles. The summed E-state index contributed by atoms with van der Waals surface area (Å²) in [6.07, 6.45) is 4.37. The monoisotopic (exact) mass is 198 g/mol. The summed E-state index contributed by atoms with van der Waals surface area (Å²) in [7, 11) is 0. The predicted molar refractivity (Wildman–Crippen MR) is 53.9 cm³/mol. The second-order valence-electron chi connectivity index (χ2n) is 3.96. The highest BCUT2D eigenvalue weighted by atomic mass is 16.5. The quantitative estimate of drug-likeness (QED) is 0.513. The van der Waals surface area contributed by atoms with Crippen LogP contribution in [-0.4, -0.2) is 24.8 Å². The fraction of sp³-hybridized carbons (Fsp3) is 0.727. The van der Waals surface area contributed by atoms with Crippen molar-refractivity contribution in [1.29, 1.82) is 0 Å². The van der Waals surface area contributed by atoms with E-state index in [9.17, 15) is 4.79 Å². The normalized spacial score (nSPS) is 25.5. The Labute approximate surface area is 85.1 Å². The van der Waals surface area contributed by atoms with Crippen molar-refractivity contribution in [1.82, 2.24) is 0 Å². The molecule has 80 valence electrons. The van der Waals surface area contributed by atoms with Crippen molar-refractivity contribution in [3.8, 4) is 0 Å². The van der Waals surface area contributed by atoms with E-state index in [-0.39, 0.29) is 11.6 Å². The highest BCUT2D eigenvalue weighted by molar-refractivity contribution is 5.81. The van der Waals surface area contributed by atoms with E-state index in [2.05, 4.69) is 0 Å². The zero-order valence-electron chi connectivity index (χ0n) is 9.08. The van der Waals surface area contributed by atoms with E-state index in [4.69, 9.17) is 9.47 Å². The Kier molecular flexibility index (Phi) is 3.69. The van der Waals surface area contributed by atoms with Crippen LogP contribution in [0.25, 0.3) is 0 Å². The molecule has 0 radical (unpaired) electrons. The minimum Gasteiger partial charge on any atom is -0.463 e. The topological polar surface area (TPSA) is 35.5 Å². The molecule has 0 unspecified atom stereocenters. The smallest absolute Gasteiger partial charge is 0.330 e. The van der Waals surface area contributed by atoms with Crippen LogP contribution >= 0.6 is 0 Å². The van der Waals surface area contributed by atoms with Gasteiger partial charge in [-0.3, -0.25) is 0 Å². The van der Waals surface area contributed by atoms with Crippen molar-refractivity contribution in [2.45, 2.75) is 32.8 Å². The lowest BCUT2D eigenvalue weighted by Gasteiger charge is -2.22. The Hall–Kier alpha value is -0.830. The standard InChI is InChI=1S/C11H18O3/c1-4-13-10(12)6-5-9-7-8-14-11(9,2)3/h5-6,9H,4,7-8H2,1-3H3/b6-5-/t9-/m1/s1. The van der Waals surface area contributed by atoms with Crippen molar-refractivity contribution in [3.05, 3.63) is 12.2 Å². The molecule has 3 nitrogen and oxygen atoms in total. The summed E-state index contributed by atoms with van der Waals surface area (Å²) in [4.78, 5) is 11.1. The molecule has 0 aromatic carbocycles. The Morgan fingerprint density at radius 1 is 1.64 bits per heavy atom. The summed E-state index contributed by atoms with van der Waals surface area (Å²) in [6, 6.07) is 0. The Morgan fingerprint density at radius 3 is 2.86 bits per heavy atom. The van der Waals surface area contributed by atoms with Gasteiger partial charge in [0.25, 0.3) is 0 Å². The number of carbonyl (C=O) groups excluding carboxylic acids is 1. The highest BCUT2D eigenvalue weighted by Gasteiger charge is 2.33. The van der Waals surface area contributed by atoms with Gasteiger partial charge < -0.3 is 9.47 Å². The van der Waals surface area contributed by atoms with E-state index in [0.29, 0.717) is 12.5 Å². The first-order chi connectivity index (χ1) is 6.56. The first-order valence-corrected chi connectivity index (χ1v) is 5.05. The molecule has 1 saturated heterocycles. The maximum Gasteiger partial charge on any atom is 0.330 e. The molecule has 1 atom stereocenters. The summed E-state index contributed by atoms with van der Waals surface area (Å²) in [5.41, 5.74) is -0.150.